The van der Waals surface area contributed by atoms with Gasteiger partial charge in [0.15, 0.2) is 0 Å². The largest absolute Gasteiger partial charge is 0.128 e. The topological polar surface area (TPSA) is 0 Å². The fourth-order valence-electron chi connectivity index (χ4n) is 1.35. The van der Waals surface area contributed by atoms with E-state index in [1.807, 2.05) is 24.5 Å². The summed E-state index contributed by atoms with van der Waals surface area (Å²) >= 11 is 7.76. The number of rotatable bonds is 1. The van der Waals surface area contributed by atoms with Crippen LogP contribution in [0.3, 0.4) is 0 Å². The minimum atomic E-state index is 0.839. The molecule has 2 rings (SSSR count). The standard InChI is InChI=1S/C11H9ClS/c1-13-11-7-9-5-3-2-4-8(9)6-10(11)12/h2-7H,1H3. The van der Waals surface area contributed by atoms with Crippen molar-refractivity contribution in [3.05, 3.63) is 41.4 Å². The molecule has 0 fully saturated rings. The van der Waals surface area contributed by atoms with E-state index in [0.29, 0.717) is 0 Å². The second kappa shape index (κ2) is 3.60. The lowest BCUT2D eigenvalue weighted by Crippen LogP contribution is -1.76. The predicted molar refractivity (Wildman–Crippen MR) is 60.7 cm³/mol. The highest BCUT2D eigenvalue weighted by Crippen LogP contribution is 2.29. The second-order valence-corrected chi connectivity index (χ2v) is 4.09. The van der Waals surface area contributed by atoms with Crippen LogP contribution in [0.2, 0.25) is 5.02 Å². The van der Waals surface area contributed by atoms with Crippen molar-refractivity contribution in [2.45, 2.75) is 4.90 Å². The lowest BCUT2D eigenvalue weighted by Gasteiger charge is -2.03. The van der Waals surface area contributed by atoms with Crippen LogP contribution in [0, 0.1) is 0 Å². The van der Waals surface area contributed by atoms with E-state index in [1.54, 1.807) is 11.8 Å². The summed E-state index contributed by atoms with van der Waals surface area (Å²) in [6, 6.07) is 12.4. The maximum absolute atomic E-state index is 6.08. The molecule has 13 heavy (non-hydrogen) atoms. The summed E-state index contributed by atoms with van der Waals surface area (Å²) in [5.41, 5.74) is 0. The van der Waals surface area contributed by atoms with Crippen molar-refractivity contribution >= 4 is 34.1 Å². The molecule has 0 bridgehead atoms. The summed E-state index contributed by atoms with van der Waals surface area (Å²) in [5, 5.41) is 3.28. The summed E-state index contributed by atoms with van der Waals surface area (Å²) in [7, 11) is 0. The average Bonchev–Trinajstić information content (AvgIpc) is 2.17. The summed E-state index contributed by atoms with van der Waals surface area (Å²) in [6.45, 7) is 0. The van der Waals surface area contributed by atoms with Crippen LogP contribution >= 0.6 is 23.4 Å². The van der Waals surface area contributed by atoms with Crippen molar-refractivity contribution in [3.63, 3.8) is 0 Å². The van der Waals surface area contributed by atoms with Gasteiger partial charge in [-0.05, 0) is 29.2 Å². The van der Waals surface area contributed by atoms with Gasteiger partial charge < -0.3 is 0 Å². The first-order valence-electron chi connectivity index (χ1n) is 4.03. The van der Waals surface area contributed by atoms with Gasteiger partial charge in [-0.25, -0.2) is 0 Å². The average molecular weight is 209 g/mol. The van der Waals surface area contributed by atoms with Gasteiger partial charge in [-0.3, -0.25) is 0 Å². The third-order valence-electron chi connectivity index (χ3n) is 2.02. The van der Waals surface area contributed by atoms with Crippen LogP contribution in [-0.4, -0.2) is 6.26 Å². The van der Waals surface area contributed by atoms with E-state index in [9.17, 15) is 0 Å². The van der Waals surface area contributed by atoms with Crippen LogP contribution in [0.4, 0.5) is 0 Å². The van der Waals surface area contributed by atoms with Crippen molar-refractivity contribution in [2.24, 2.45) is 0 Å². The highest BCUT2D eigenvalue weighted by atomic mass is 35.5. The van der Waals surface area contributed by atoms with Crippen molar-refractivity contribution in [2.75, 3.05) is 6.26 Å². The van der Waals surface area contributed by atoms with E-state index in [4.69, 9.17) is 11.6 Å². The Kier molecular flexibility index (Phi) is 2.47. The van der Waals surface area contributed by atoms with E-state index >= 15 is 0 Å². The van der Waals surface area contributed by atoms with E-state index in [2.05, 4.69) is 18.2 Å². The molecule has 2 aromatic carbocycles. The van der Waals surface area contributed by atoms with Gasteiger partial charge in [0, 0.05) is 4.90 Å². The molecule has 0 aliphatic carbocycles. The first kappa shape index (κ1) is 8.92. The molecule has 0 aliphatic heterocycles. The summed E-state index contributed by atoms with van der Waals surface area (Å²) in [6.07, 6.45) is 2.04. The van der Waals surface area contributed by atoms with Gasteiger partial charge >= 0.3 is 0 Å². The summed E-state index contributed by atoms with van der Waals surface area (Å²) < 4.78 is 0. The van der Waals surface area contributed by atoms with Crippen LogP contribution in [-0.2, 0) is 0 Å². The minimum absolute atomic E-state index is 0.839. The van der Waals surface area contributed by atoms with Gasteiger partial charge in [-0.15, -0.1) is 11.8 Å². The highest BCUT2D eigenvalue weighted by Gasteiger charge is 2.00. The summed E-state index contributed by atoms with van der Waals surface area (Å²) in [4.78, 5) is 1.14. The molecule has 0 aliphatic rings. The van der Waals surface area contributed by atoms with Crippen molar-refractivity contribution < 1.29 is 0 Å². The SMILES string of the molecule is CSc1cc2ccccc2cc1Cl. The van der Waals surface area contributed by atoms with Crippen LogP contribution in [0.15, 0.2) is 41.3 Å². The molecule has 0 atom stereocenters. The van der Waals surface area contributed by atoms with Gasteiger partial charge in [-0.2, -0.15) is 0 Å². The van der Waals surface area contributed by atoms with Crippen LogP contribution in [0.25, 0.3) is 10.8 Å². The molecule has 0 spiro atoms. The Morgan fingerprint density at radius 1 is 1.08 bits per heavy atom. The number of halogens is 1. The zero-order chi connectivity index (χ0) is 9.26. The lowest BCUT2D eigenvalue weighted by atomic mass is 10.1. The molecule has 0 amide bonds. The Morgan fingerprint density at radius 2 is 1.69 bits per heavy atom. The van der Waals surface area contributed by atoms with Crippen LogP contribution < -0.4 is 0 Å². The van der Waals surface area contributed by atoms with Crippen molar-refractivity contribution in [3.8, 4) is 0 Å². The molecule has 2 heteroatoms. The molecule has 0 heterocycles. The van der Waals surface area contributed by atoms with Crippen LogP contribution in [0.1, 0.15) is 0 Å². The summed E-state index contributed by atoms with van der Waals surface area (Å²) in [5.74, 6) is 0. The molecular formula is C11H9ClS. The minimum Gasteiger partial charge on any atom is -0.128 e. The molecule has 0 radical (unpaired) electrons. The second-order valence-electron chi connectivity index (χ2n) is 2.83. The lowest BCUT2D eigenvalue weighted by molar-refractivity contribution is 1.51. The molecule has 0 aromatic heterocycles. The zero-order valence-electron chi connectivity index (χ0n) is 7.25. The van der Waals surface area contributed by atoms with E-state index in [0.717, 1.165) is 9.92 Å². The van der Waals surface area contributed by atoms with Gasteiger partial charge in [0.2, 0.25) is 0 Å². The number of benzene rings is 2. The molecule has 0 saturated heterocycles. The number of fused-ring (bicyclic) bond motifs is 1. The van der Waals surface area contributed by atoms with E-state index < -0.39 is 0 Å². The molecular weight excluding hydrogens is 200 g/mol. The van der Waals surface area contributed by atoms with Gasteiger partial charge in [0.25, 0.3) is 0 Å². The molecule has 0 nitrogen and oxygen atoms in total. The molecule has 66 valence electrons. The zero-order valence-corrected chi connectivity index (χ0v) is 8.82. The van der Waals surface area contributed by atoms with Crippen molar-refractivity contribution in [1.82, 2.24) is 0 Å². The first-order valence-corrected chi connectivity index (χ1v) is 5.64. The molecule has 0 unspecified atom stereocenters. The monoisotopic (exact) mass is 208 g/mol. The molecule has 0 saturated carbocycles. The Labute approximate surface area is 86.9 Å². The predicted octanol–water partition coefficient (Wildman–Crippen LogP) is 4.22. The normalized spacial score (nSPS) is 10.6. The fourth-order valence-corrected chi connectivity index (χ4v) is 2.25. The maximum atomic E-state index is 6.08. The van der Waals surface area contributed by atoms with Gasteiger partial charge in [0.1, 0.15) is 0 Å². The quantitative estimate of drug-likeness (QED) is 0.633. The Balaban J connectivity index is 2.74. The Hall–Kier alpha value is -0.660. The third-order valence-corrected chi connectivity index (χ3v) is 3.22. The number of hydrogen-bond donors (Lipinski definition) is 0. The maximum Gasteiger partial charge on any atom is 0.0548 e. The smallest absolute Gasteiger partial charge is 0.0548 e. The third kappa shape index (κ3) is 1.67. The van der Waals surface area contributed by atoms with Gasteiger partial charge in [0.05, 0.1) is 5.02 Å². The Morgan fingerprint density at radius 3 is 2.31 bits per heavy atom. The molecule has 2 aromatic rings. The van der Waals surface area contributed by atoms with E-state index in [-0.39, 0.29) is 0 Å². The first-order chi connectivity index (χ1) is 6.31. The highest BCUT2D eigenvalue weighted by molar-refractivity contribution is 7.98. The fraction of sp³-hybridized carbons (Fsp3) is 0.0909. The van der Waals surface area contributed by atoms with Crippen LogP contribution in [0.5, 0.6) is 0 Å². The number of thioether (sulfide) groups is 1. The Bertz CT molecular complexity index is 437. The van der Waals surface area contributed by atoms with Gasteiger partial charge in [-0.1, -0.05) is 35.9 Å². The number of hydrogen-bond acceptors (Lipinski definition) is 1. The van der Waals surface area contributed by atoms with Crippen molar-refractivity contribution in [1.29, 1.82) is 0 Å². The van der Waals surface area contributed by atoms with E-state index in [1.165, 1.54) is 10.8 Å². The molecule has 0 N–H and O–H groups in total.